The van der Waals surface area contributed by atoms with Gasteiger partial charge in [-0.25, -0.2) is 4.79 Å². The molecule has 0 spiro atoms. The Morgan fingerprint density at radius 2 is 1.70 bits per heavy atom. The lowest BCUT2D eigenvalue weighted by atomic mass is 10.1. The van der Waals surface area contributed by atoms with E-state index in [1.54, 1.807) is 42.5 Å². The highest BCUT2D eigenvalue weighted by Crippen LogP contribution is 2.11. The Labute approximate surface area is 138 Å². The smallest absolute Gasteiger partial charge is 0.323 e. The zero-order valence-electron chi connectivity index (χ0n) is 12.1. The molecule has 0 saturated carbocycles. The Bertz CT molecular complexity index is 710. The van der Waals surface area contributed by atoms with Crippen LogP contribution in [0, 0.1) is 0 Å². The van der Waals surface area contributed by atoms with Crippen LogP contribution in [0.5, 0.6) is 0 Å². The first-order chi connectivity index (χ1) is 11.0. The number of carboxylic acids is 1. The first kappa shape index (κ1) is 16.6. The van der Waals surface area contributed by atoms with Crippen molar-refractivity contribution < 1.29 is 14.7 Å². The fraction of sp³-hybridized carbons (Fsp3) is 0.0588. The Hall–Kier alpha value is -2.79. The molecule has 0 aliphatic carbocycles. The van der Waals surface area contributed by atoms with Crippen molar-refractivity contribution in [2.75, 3.05) is 5.32 Å². The van der Waals surface area contributed by atoms with Crippen LogP contribution >= 0.6 is 11.6 Å². The number of carbonyl (C=O) groups excluding carboxylic acids is 1. The van der Waals surface area contributed by atoms with Crippen molar-refractivity contribution in [3.8, 4) is 0 Å². The molecule has 0 aromatic heterocycles. The van der Waals surface area contributed by atoms with E-state index in [0.29, 0.717) is 16.3 Å². The molecule has 0 aliphatic rings. The molecule has 2 aromatic carbocycles. The van der Waals surface area contributed by atoms with Gasteiger partial charge in [0, 0.05) is 16.9 Å². The van der Waals surface area contributed by atoms with E-state index in [0.717, 1.165) is 5.56 Å². The summed E-state index contributed by atoms with van der Waals surface area (Å²) in [5.41, 5.74) is 2.16. The quantitative estimate of drug-likeness (QED) is 0.781. The van der Waals surface area contributed by atoms with Gasteiger partial charge in [0.05, 0.1) is 6.42 Å². The van der Waals surface area contributed by atoms with E-state index in [9.17, 15) is 9.59 Å². The lowest BCUT2D eigenvalue weighted by molar-refractivity contribution is -0.136. The zero-order chi connectivity index (χ0) is 16.7. The van der Waals surface area contributed by atoms with Crippen LogP contribution in [0.25, 0.3) is 6.08 Å². The first-order valence-electron chi connectivity index (χ1n) is 6.83. The summed E-state index contributed by atoms with van der Waals surface area (Å²) in [6.45, 7) is 0. The largest absolute Gasteiger partial charge is 0.481 e. The Morgan fingerprint density at radius 3 is 2.30 bits per heavy atom. The van der Waals surface area contributed by atoms with Gasteiger partial charge >= 0.3 is 12.0 Å². The molecule has 5 nitrogen and oxygen atoms in total. The molecule has 2 rings (SSSR count). The number of carbonyl (C=O) groups is 2. The standard InChI is InChI=1S/C17H15ClN2O3/c18-14-5-1-12(2-6-14)9-10-19-17(23)20-15-7-3-13(4-8-15)11-16(21)22/h1-10H,11H2,(H,21,22)(H2,19,20,23)/b10-9+. The number of nitrogens with one attached hydrogen (secondary N) is 2. The molecule has 3 N–H and O–H groups in total. The van der Waals surface area contributed by atoms with Crippen LogP contribution in [-0.2, 0) is 11.2 Å². The monoisotopic (exact) mass is 330 g/mol. The molecule has 0 aliphatic heterocycles. The summed E-state index contributed by atoms with van der Waals surface area (Å²) in [6.07, 6.45) is 3.22. The number of rotatable bonds is 5. The van der Waals surface area contributed by atoms with Crippen LogP contribution < -0.4 is 10.6 Å². The molecular weight excluding hydrogens is 316 g/mol. The van der Waals surface area contributed by atoms with Gasteiger partial charge in [-0.2, -0.15) is 0 Å². The van der Waals surface area contributed by atoms with Crippen LogP contribution in [0.3, 0.4) is 0 Å². The summed E-state index contributed by atoms with van der Waals surface area (Å²) in [7, 11) is 0. The fourth-order valence-corrected chi connectivity index (χ4v) is 1.96. The summed E-state index contributed by atoms with van der Waals surface area (Å²) < 4.78 is 0. The van der Waals surface area contributed by atoms with Crippen molar-refractivity contribution in [3.63, 3.8) is 0 Å². The maximum atomic E-state index is 11.7. The van der Waals surface area contributed by atoms with Crippen LogP contribution in [0.2, 0.25) is 5.02 Å². The lowest BCUT2D eigenvalue weighted by Gasteiger charge is -2.05. The molecule has 2 amide bonds. The highest BCUT2D eigenvalue weighted by molar-refractivity contribution is 6.30. The van der Waals surface area contributed by atoms with Crippen LogP contribution in [-0.4, -0.2) is 17.1 Å². The number of hydrogen-bond donors (Lipinski definition) is 3. The molecule has 0 heterocycles. The second-order valence-electron chi connectivity index (χ2n) is 4.75. The number of amides is 2. The van der Waals surface area contributed by atoms with Gasteiger partial charge in [0.15, 0.2) is 0 Å². The predicted molar refractivity (Wildman–Crippen MR) is 90.4 cm³/mol. The van der Waals surface area contributed by atoms with E-state index in [4.69, 9.17) is 16.7 Å². The molecule has 0 bridgehead atoms. The van der Waals surface area contributed by atoms with Crippen LogP contribution in [0.4, 0.5) is 10.5 Å². The van der Waals surface area contributed by atoms with E-state index in [-0.39, 0.29) is 12.5 Å². The number of urea groups is 1. The van der Waals surface area contributed by atoms with Crippen LogP contribution in [0.15, 0.2) is 54.7 Å². The average Bonchev–Trinajstić information content (AvgIpc) is 2.51. The molecule has 6 heteroatoms. The number of anilines is 1. The molecule has 0 saturated heterocycles. The number of hydrogen-bond acceptors (Lipinski definition) is 2. The second-order valence-corrected chi connectivity index (χ2v) is 5.19. The maximum absolute atomic E-state index is 11.7. The minimum absolute atomic E-state index is 0.0453. The van der Waals surface area contributed by atoms with Crippen molar-refractivity contribution in [1.82, 2.24) is 5.32 Å². The highest BCUT2D eigenvalue weighted by Gasteiger charge is 2.02. The number of carboxylic acid groups (broad SMARTS) is 1. The third-order valence-corrected chi connectivity index (χ3v) is 3.18. The molecule has 0 unspecified atom stereocenters. The van der Waals surface area contributed by atoms with Crippen LogP contribution in [0.1, 0.15) is 11.1 Å². The normalized spacial score (nSPS) is 10.5. The average molecular weight is 331 g/mol. The third-order valence-electron chi connectivity index (χ3n) is 2.93. The molecular formula is C17H15ClN2O3. The van der Waals surface area contributed by atoms with Gasteiger partial charge in [-0.1, -0.05) is 35.9 Å². The van der Waals surface area contributed by atoms with Gasteiger partial charge in [0.2, 0.25) is 0 Å². The number of halogens is 1. The number of benzene rings is 2. The first-order valence-corrected chi connectivity index (χ1v) is 7.21. The SMILES string of the molecule is O=C(O)Cc1ccc(NC(=O)N/C=C/c2ccc(Cl)cc2)cc1. The van der Waals surface area contributed by atoms with Crippen molar-refractivity contribution in [1.29, 1.82) is 0 Å². The molecule has 0 radical (unpaired) electrons. The summed E-state index contributed by atoms with van der Waals surface area (Å²) >= 11 is 5.79. The van der Waals surface area contributed by atoms with Gasteiger partial charge in [0.25, 0.3) is 0 Å². The van der Waals surface area contributed by atoms with Crippen molar-refractivity contribution in [3.05, 3.63) is 70.9 Å². The predicted octanol–water partition coefficient (Wildman–Crippen LogP) is 3.76. The Morgan fingerprint density at radius 1 is 1.04 bits per heavy atom. The molecule has 23 heavy (non-hydrogen) atoms. The van der Waals surface area contributed by atoms with Crippen molar-refractivity contribution in [2.24, 2.45) is 0 Å². The fourth-order valence-electron chi connectivity index (χ4n) is 1.84. The van der Waals surface area contributed by atoms with E-state index >= 15 is 0 Å². The summed E-state index contributed by atoms with van der Waals surface area (Å²) in [6, 6.07) is 13.4. The van der Waals surface area contributed by atoms with E-state index in [1.165, 1.54) is 6.20 Å². The highest BCUT2D eigenvalue weighted by atomic mass is 35.5. The van der Waals surface area contributed by atoms with Gasteiger partial charge in [-0.3, -0.25) is 4.79 Å². The maximum Gasteiger partial charge on any atom is 0.323 e. The van der Waals surface area contributed by atoms with Gasteiger partial charge in [-0.05, 0) is 41.5 Å². The number of aliphatic carboxylic acids is 1. The molecule has 2 aromatic rings. The second kappa shape index (κ2) is 8.00. The summed E-state index contributed by atoms with van der Waals surface area (Å²) in [5.74, 6) is -0.893. The van der Waals surface area contributed by atoms with Crippen molar-refractivity contribution in [2.45, 2.75) is 6.42 Å². The van der Waals surface area contributed by atoms with Gasteiger partial charge < -0.3 is 15.7 Å². The summed E-state index contributed by atoms with van der Waals surface area (Å²) in [4.78, 5) is 22.3. The third kappa shape index (κ3) is 5.84. The van der Waals surface area contributed by atoms with E-state index in [1.807, 2.05) is 12.1 Å². The van der Waals surface area contributed by atoms with E-state index in [2.05, 4.69) is 10.6 Å². The molecule has 0 fully saturated rings. The zero-order valence-corrected chi connectivity index (χ0v) is 12.9. The van der Waals surface area contributed by atoms with Crippen molar-refractivity contribution >= 4 is 35.4 Å². The molecule has 0 atom stereocenters. The van der Waals surface area contributed by atoms with Gasteiger partial charge in [0.1, 0.15) is 0 Å². The van der Waals surface area contributed by atoms with E-state index < -0.39 is 5.97 Å². The summed E-state index contributed by atoms with van der Waals surface area (Å²) in [5, 5.41) is 14.6. The minimum Gasteiger partial charge on any atom is -0.481 e. The Kier molecular flexibility index (Phi) is 5.77. The van der Waals surface area contributed by atoms with Gasteiger partial charge in [-0.15, -0.1) is 0 Å². The lowest BCUT2D eigenvalue weighted by Crippen LogP contribution is -2.23. The Balaban J connectivity index is 1.84. The minimum atomic E-state index is -0.893. The molecule has 118 valence electrons. The topological polar surface area (TPSA) is 78.4 Å².